The maximum atomic E-state index is 5.29. The van der Waals surface area contributed by atoms with E-state index in [0.29, 0.717) is 5.95 Å². The summed E-state index contributed by atoms with van der Waals surface area (Å²) in [5.41, 5.74) is 9.79. The molecule has 0 unspecified atom stereocenters. The summed E-state index contributed by atoms with van der Waals surface area (Å²) < 4.78 is 2.23. The molecule has 0 fully saturated rings. The van der Waals surface area contributed by atoms with Crippen LogP contribution in [0.15, 0.2) is 164 Å². The van der Waals surface area contributed by atoms with Gasteiger partial charge in [0.05, 0.1) is 22.2 Å². The molecule has 0 aliphatic heterocycles. The van der Waals surface area contributed by atoms with Crippen LogP contribution in [-0.4, -0.2) is 14.5 Å². The molecule has 45 heavy (non-hydrogen) atoms. The van der Waals surface area contributed by atoms with Crippen molar-refractivity contribution in [2.45, 2.75) is 0 Å². The Bertz CT molecular complexity index is 2510. The molecule has 0 bridgehead atoms. The fourth-order valence-electron chi connectivity index (χ4n) is 6.57. The zero-order valence-corrected chi connectivity index (χ0v) is 24.4. The molecule has 0 spiro atoms. The third-order valence-electron chi connectivity index (χ3n) is 8.80. The summed E-state index contributed by atoms with van der Waals surface area (Å²) in [6.45, 7) is 0. The molecule has 0 aliphatic rings. The van der Waals surface area contributed by atoms with E-state index in [0.717, 1.165) is 44.3 Å². The van der Waals surface area contributed by atoms with Gasteiger partial charge in [0.15, 0.2) is 0 Å². The van der Waals surface area contributed by atoms with Crippen LogP contribution in [0.5, 0.6) is 0 Å². The first kappa shape index (κ1) is 25.4. The fourth-order valence-corrected chi connectivity index (χ4v) is 6.57. The van der Waals surface area contributed by atoms with Crippen LogP contribution in [0.25, 0.3) is 82.9 Å². The van der Waals surface area contributed by atoms with Crippen molar-refractivity contribution in [2.24, 2.45) is 0 Å². The Morgan fingerprint density at radius 3 is 1.69 bits per heavy atom. The number of fused-ring (bicyclic) bond motifs is 5. The standard InChI is InChI=1S/C42H27N3/c1-3-11-28(12-4-1)29-19-21-30(22-20-29)34-23-24-36-38(26-34)43-42(44-41(36)31-13-5-2-6-14-31)45-39-18-10-9-17-35(39)37-25-32-15-7-8-16-33(32)27-40(37)45/h1-27H. The molecule has 0 radical (unpaired) electrons. The molecule has 3 nitrogen and oxygen atoms in total. The van der Waals surface area contributed by atoms with Crippen LogP contribution in [0.2, 0.25) is 0 Å². The molecular weight excluding hydrogens is 546 g/mol. The predicted octanol–water partition coefficient (Wildman–Crippen LogP) is 10.9. The van der Waals surface area contributed by atoms with E-state index in [-0.39, 0.29) is 0 Å². The summed E-state index contributed by atoms with van der Waals surface area (Å²) in [6.07, 6.45) is 0. The first-order valence-electron chi connectivity index (χ1n) is 15.3. The number of nitrogens with zero attached hydrogens (tertiary/aromatic N) is 3. The van der Waals surface area contributed by atoms with Crippen LogP contribution in [0.3, 0.4) is 0 Å². The molecular formula is C42H27N3. The highest BCUT2D eigenvalue weighted by Crippen LogP contribution is 2.36. The lowest BCUT2D eigenvalue weighted by Crippen LogP contribution is -2.03. The molecule has 0 saturated heterocycles. The largest absolute Gasteiger partial charge is 0.278 e. The van der Waals surface area contributed by atoms with Gasteiger partial charge in [0, 0.05) is 21.7 Å². The minimum absolute atomic E-state index is 0.666. The van der Waals surface area contributed by atoms with Crippen LogP contribution in [0.1, 0.15) is 0 Å². The second-order valence-electron chi connectivity index (χ2n) is 11.5. The van der Waals surface area contributed by atoms with E-state index in [4.69, 9.17) is 9.97 Å². The minimum Gasteiger partial charge on any atom is -0.278 e. The summed E-state index contributed by atoms with van der Waals surface area (Å²) in [4.78, 5) is 10.6. The van der Waals surface area contributed by atoms with E-state index < -0.39 is 0 Å². The van der Waals surface area contributed by atoms with E-state index in [1.54, 1.807) is 0 Å². The molecule has 0 saturated carbocycles. The van der Waals surface area contributed by atoms with Crippen molar-refractivity contribution in [3.8, 4) is 39.5 Å². The van der Waals surface area contributed by atoms with Gasteiger partial charge in [-0.1, -0.05) is 133 Å². The van der Waals surface area contributed by atoms with Gasteiger partial charge in [0.1, 0.15) is 0 Å². The Labute approximate surface area is 260 Å². The molecule has 0 N–H and O–H groups in total. The second-order valence-corrected chi connectivity index (χ2v) is 11.5. The maximum Gasteiger partial charge on any atom is 0.235 e. The Morgan fingerprint density at radius 1 is 0.356 bits per heavy atom. The van der Waals surface area contributed by atoms with Crippen LogP contribution < -0.4 is 0 Å². The van der Waals surface area contributed by atoms with Crippen molar-refractivity contribution >= 4 is 43.5 Å². The number of para-hydroxylation sites is 1. The SMILES string of the molecule is c1ccc(-c2ccc(-c3ccc4c(-c5ccccc5)nc(-n5c6ccccc6c6cc7ccccc7cc65)nc4c3)cc2)cc1. The molecule has 9 aromatic rings. The lowest BCUT2D eigenvalue weighted by atomic mass is 9.98. The third kappa shape index (κ3) is 4.29. The topological polar surface area (TPSA) is 30.7 Å². The summed E-state index contributed by atoms with van der Waals surface area (Å²) in [5.74, 6) is 0.666. The van der Waals surface area contributed by atoms with E-state index in [1.807, 2.05) is 12.1 Å². The number of hydrogen-bond acceptors (Lipinski definition) is 2. The molecule has 0 aliphatic carbocycles. The third-order valence-corrected chi connectivity index (χ3v) is 8.80. The van der Waals surface area contributed by atoms with Gasteiger partial charge in [-0.05, 0) is 63.4 Å². The Kier molecular flexibility index (Phi) is 5.82. The average molecular weight is 574 g/mol. The molecule has 2 heterocycles. The van der Waals surface area contributed by atoms with Gasteiger partial charge >= 0.3 is 0 Å². The van der Waals surface area contributed by atoms with E-state index in [2.05, 4.69) is 156 Å². The van der Waals surface area contributed by atoms with Crippen molar-refractivity contribution in [2.75, 3.05) is 0 Å². The second kappa shape index (κ2) is 10.3. The van der Waals surface area contributed by atoms with Crippen molar-refractivity contribution < 1.29 is 0 Å². The van der Waals surface area contributed by atoms with Gasteiger partial charge in [0.25, 0.3) is 0 Å². The normalized spacial score (nSPS) is 11.6. The number of hydrogen-bond donors (Lipinski definition) is 0. The molecule has 2 aromatic heterocycles. The first-order chi connectivity index (χ1) is 22.3. The van der Waals surface area contributed by atoms with Gasteiger partial charge in [-0.25, -0.2) is 9.97 Å². The molecule has 9 rings (SSSR count). The number of rotatable bonds is 4. The van der Waals surface area contributed by atoms with Crippen molar-refractivity contribution in [3.63, 3.8) is 0 Å². The van der Waals surface area contributed by atoms with Crippen LogP contribution in [0, 0.1) is 0 Å². The zero-order chi connectivity index (χ0) is 29.7. The van der Waals surface area contributed by atoms with Crippen molar-refractivity contribution in [3.05, 3.63) is 164 Å². The van der Waals surface area contributed by atoms with Crippen molar-refractivity contribution in [1.29, 1.82) is 0 Å². The fraction of sp³-hybridized carbons (Fsp3) is 0. The lowest BCUT2D eigenvalue weighted by Gasteiger charge is -2.13. The predicted molar refractivity (Wildman–Crippen MR) is 188 cm³/mol. The molecule has 3 heteroatoms. The zero-order valence-electron chi connectivity index (χ0n) is 24.4. The summed E-state index contributed by atoms with van der Waals surface area (Å²) in [6, 6.07) is 57.9. The lowest BCUT2D eigenvalue weighted by molar-refractivity contribution is 1.01. The van der Waals surface area contributed by atoms with Crippen LogP contribution in [0.4, 0.5) is 0 Å². The van der Waals surface area contributed by atoms with Gasteiger partial charge in [0.2, 0.25) is 5.95 Å². The van der Waals surface area contributed by atoms with Crippen LogP contribution in [-0.2, 0) is 0 Å². The highest BCUT2D eigenvalue weighted by Gasteiger charge is 2.18. The number of benzene rings is 7. The Balaban J connectivity index is 1.28. The highest BCUT2D eigenvalue weighted by atomic mass is 15.2. The Morgan fingerprint density at radius 2 is 0.933 bits per heavy atom. The van der Waals surface area contributed by atoms with Crippen LogP contribution >= 0.6 is 0 Å². The van der Waals surface area contributed by atoms with Gasteiger partial charge in [-0.15, -0.1) is 0 Å². The molecule has 7 aromatic carbocycles. The molecule has 0 amide bonds. The van der Waals surface area contributed by atoms with E-state index in [1.165, 1.54) is 32.7 Å². The van der Waals surface area contributed by atoms with Gasteiger partial charge in [-0.3, -0.25) is 4.57 Å². The molecule has 210 valence electrons. The summed E-state index contributed by atoms with van der Waals surface area (Å²) in [7, 11) is 0. The smallest absolute Gasteiger partial charge is 0.235 e. The average Bonchev–Trinajstić information content (AvgIpc) is 3.44. The van der Waals surface area contributed by atoms with E-state index >= 15 is 0 Å². The summed E-state index contributed by atoms with van der Waals surface area (Å²) in [5, 5.41) is 5.83. The number of aromatic nitrogens is 3. The van der Waals surface area contributed by atoms with E-state index in [9.17, 15) is 0 Å². The first-order valence-corrected chi connectivity index (χ1v) is 15.3. The maximum absolute atomic E-state index is 5.29. The van der Waals surface area contributed by atoms with Gasteiger partial charge < -0.3 is 0 Å². The Hall–Kier alpha value is -6.06. The highest BCUT2D eigenvalue weighted by molar-refractivity contribution is 6.13. The monoisotopic (exact) mass is 573 g/mol. The molecule has 0 atom stereocenters. The quantitative estimate of drug-likeness (QED) is 0.210. The van der Waals surface area contributed by atoms with Crippen molar-refractivity contribution in [1.82, 2.24) is 14.5 Å². The summed E-state index contributed by atoms with van der Waals surface area (Å²) >= 11 is 0. The minimum atomic E-state index is 0.666. The van der Waals surface area contributed by atoms with Gasteiger partial charge in [-0.2, -0.15) is 0 Å².